The standard InChI is InChI=1S/C31H31ClN2O3/c1-22(2)33-31(36)28(19-23-11-4-3-5-12-23)34(20-25-14-7-9-17-27(25)32)30(35)21-37-29-18-10-15-24-13-6-8-16-26(24)29/h3-18,22,28H,19-21H2,1-2H3,(H,33,36)/t28-/m1/s1. The van der Waals surface area contributed by atoms with Crippen molar-refractivity contribution in [1.29, 1.82) is 0 Å². The molecule has 0 unspecified atom stereocenters. The summed E-state index contributed by atoms with van der Waals surface area (Å²) in [5.41, 5.74) is 1.72. The Bertz CT molecular complexity index is 1350. The smallest absolute Gasteiger partial charge is 0.261 e. The number of ether oxygens (including phenoxy) is 1. The first-order valence-corrected chi connectivity index (χ1v) is 12.8. The molecule has 190 valence electrons. The Morgan fingerprint density at radius 2 is 1.54 bits per heavy atom. The van der Waals surface area contributed by atoms with Crippen LogP contribution in [-0.2, 0) is 22.6 Å². The van der Waals surface area contributed by atoms with Gasteiger partial charge in [0.25, 0.3) is 5.91 Å². The molecule has 1 atom stereocenters. The molecule has 4 rings (SSSR count). The molecule has 0 saturated carbocycles. The van der Waals surface area contributed by atoms with Gasteiger partial charge < -0.3 is 15.0 Å². The predicted octanol–water partition coefficient (Wildman–Crippen LogP) is 6.04. The molecule has 4 aromatic carbocycles. The lowest BCUT2D eigenvalue weighted by Crippen LogP contribution is -2.52. The lowest BCUT2D eigenvalue weighted by atomic mass is 10.0. The van der Waals surface area contributed by atoms with E-state index in [9.17, 15) is 9.59 Å². The Labute approximate surface area is 223 Å². The first-order chi connectivity index (χ1) is 17.9. The molecule has 0 heterocycles. The van der Waals surface area contributed by atoms with Gasteiger partial charge >= 0.3 is 0 Å². The number of carbonyl (C=O) groups excluding carboxylic acids is 2. The quantitative estimate of drug-likeness (QED) is 0.281. The number of halogens is 1. The van der Waals surface area contributed by atoms with E-state index in [0.29, 0.717) is 17.2 Å². The number of nitrogens with one attached hydrogen (secondary N) is 1. The summed E-state index contributed by atoms with van der Waals surface area (Å²) < 4.78 is 6.04. The molecule has 0 fully saturated rings. The van der Waals surface area contributed by atoms with Crippen LogP contribution in [0.3, 0.4) is 0 Å². The average molecular weight is 515 g/mol. The van der Waals surface area contributed by atoms with E-state index in [1.54, 1.807) is 11.0 Å². The van der Waals surface area contributed by atoms with E-state index in [4.69, 9.17) is 16.3 Å². The highest BCUT2D eigenvalue weighted by atomic mass is 35.5. The van der Waals surface area contributed by atoms with E-state index in [1.807, 2.05) is 105 Å². The lowest BCUT2D eigenvalue weighted by Gasteiger charge is -2.32. The predicted molar refractivity (Wildman–Crippen MR) is 149 cm³/mol. The SMILES string of the molecule is CC(C)NC(=O)[C@@H](Cc1ccccc1)N(Cc1ccccc1Cl)C(=O)COc1cccc2ccccc12. The van der Waals surface area contributed by atoms with Crippen molar-refractivity contribution in [1.82, 2.24) is 10.2 Å². The summed E-state index contributed by atoms with van der Waals surface area (Å²) in [5.74, 6) is 0.104. The Kier molecular flexibility index (Phi) is 8.81. The van der Waals surface area contributed by atoms with Crippen LogP contribution in [0, 0.1) is 0 Å². The van der Waals surface area contributed by atoms with Crippen molar-refractivity contribution in [3.8, 4) is 5.75 Å². The molecular formula is C31H31ClN2O3. The number of carbonyl (C=O) groups is 2. The molecule has 6 heteroatoms. The molecule has 1 N–H and O–H groups in total. The van der Waals surface area contributed by atoms with Crippen LogP contribution in [0.5, 0.6) is 5.75 Å². The number of benzene rings is 4. The van der Waals surface area contributed by atoms with E-state index in [-0.39, 0.29) is 31.0 Å². The minimum absolute atomic E-state index is 0.0741. The van der Waals surface area contributed by atoms with Crippen LogP contribution in [0.15, 0.2) is 97.1 Å². The first-order valence-electron chi connectivity index (χ1n) is 12.4. The zero-order chi connectivity index (χ0) is 26.2. The van der Waals surface area contributed by atoms with Crippen molar-refractivity contribution in [3.05, 3.63) is 113 Å². The van der Waals surface area contributed by atoms with Gasteiger partial charge in [-0.05, 0) is 42.5 Å². The van der Waals surface area contributed by atoms with Gasteiger partial charge in [-0.2, -0.15) is 0 Å². The number of nitrogens with zero attached hydrogens (tertiary/aromatic N) is 1. The monoisotopic (exact) mass is 514 g/mol. The van der Waals surface area contributed by atoms with Gasteiger partial charge in [-0.1, -0.05) is 96.5 Å². The summed E-state index contributed by atoms with van der Waals surface area (Å²) in [6.07, 6.45) is 0.365. The van der Waals surface area contributed by atoms with Gasteiger partial charge in [0, 0.05) is 29.4 Å². The van der Waals surface area contributed by atoms with Gasteiger partial charge in [0.05, 0.1) is 0 Å². The van der Waals surface area contributed by atoms with Gasteiger partial charge in [-0.3, -0.25) is 9.59 Å². The maximum atomic E-state index is 13.8. The van der Waals surface area contributed by atoms with Gasteiger partial charge in [0.2, 0.25) is 5.91 Å². The second-order valence-corrected chi connectivity index (χ2v) is 9.66. The van der Waals surface area contributed by atoms with E-state index in [2.05, 4.69) is 5.32 Å². The molecular weight excluding hydrogens is 484 g/mol. The van der Waals surface area contributed by atoms with E-state index in [1.165, 1.54) is 0 Å². The molecule has 0 bridgehead atoms. The molecule has 37 heavy (non-hydrogen) atoms. The molecule has 0 aliphatic carbocycles. The molecule has 0 radical (unpaired) electrons. The van der Waals surface area contributed by atoms with Gasteiger partial charge in [0.15, 0.2) is 6.61 Å². The fourth-order valence-electron chi connectivity index (χ4n) is 4.29. The normalized spacial score (nSPS) is 11.8. The third-order valence-corrected chi connectivity index (χ3v) is 6.47. The molecule has 0 spiro atoms. The van der Waals surface area contributed by atoms with Gasteiger partial charge in [-0.15, -0.1) is 0 Å². The minimum Gasteiger partial charge on any atom is -0.483 e. The Morgan fingerprint density at radius 1 is 0.865 bits per heavy atom. The largest absolute Gasteiger partial charge is 0.483 e. The van der Waals surface area contributed by atoms with Crippen molar-refractivity contribution < 1.29 is 14.3 Å². The number of hydrogen-bond acceptors (Lipinski definition) is 3. The van der Waals surface area contributed by atoms with E-state index in [0.717, 1.165) is 21.9 Å². The van der Waals surface area contributed by atoms with Crippen LogP contribution < -0.4 is 10.1 Å². The molecule has 2 amide bonds. The van der Waals surface area contributed by atoms with Crippen molar-refractivity contribution >= 4 is 34.2 Å². The van der Waals surface area contributed by atoms with Gasteiger partial charge in [0.1, 0.15) is 11.8 Å². The third kappa shape index (κ3) is 6.89. The highest BCUT2D eigenvalue weighted by molar-refractivity contribution is 6.31. The Balaban J connectivity index is 1.65. The average Bonchev–Trinajstić information content (AvgIpc) is 2.90. The van der Waals surface area contributed by atoms with E-state index < -0.39 is 6.04 Å². The highest BCUT2D eigenvalue weighted by Gasteiger charge is 2.31. The Hall–Kier alpha value is -3.83. The summed E-state index contributed by atoms with van der Waals surface area (Å²) in [5, 5.41) is 5.48. The second-order valence-electron chi connectivity index (χ2n) is 9.25. The molecule has 0 saturated heterocycles. The summed E-state index contributed by atoms with van der Waals surface area (Å²) in [6.45, 7) is 3.78. The number of fused-ring (bicyclic) bond motifs is 1. The molecule has 0 aliphatic rings. The number of amides is 2. The van der Waals surface area contributed by atoms with Crippen molar-refractivity contribution in [3.63, 3.8) is 0 Å². The van der Waals surface area contributed by atoms with Crippen LogP contribution in [0.2, 0.25) is 5.02 Å². The number of hydrogen-bond donors (Lipinski definition) is 1. The van der Waals surface area contributed by atoms with Crippen LogP contribution in [0.4, 0.5) is 0 Å². The highest BCUT2D eigenvalue weighted by Crippen LogP contribution is 2.26. The van der Waals surface area contributed by atoms with Crippen molar-refractivity contribution in [2.24, 2.45) is 0 Å². The lowest BCUT2D eigenvalue weighted by molar-refractivity contribution is -0.143. The van der Waals surface area contributed by atoms with Crippen LogP contribution in [0.1, 0.15) is 25.0 Å². The van der Waals surface area contributed by atoms with Gasteiger partial charge in [-0.25, -0.2) is 0 Å². The second kappa shape index (κ2) is 12.4. The molecule has 0 aliphatic heterocycles. The summed E-state index contributed by atoms with van der Waals surface area (Å²) in [7, 11) is 0. The number of rotatable bonds is 10. The van der Waals surface area contributed by atoms with E-state index >= 15 is 0 Å². The minimum atomic E-state index is -0.746. The zero-order valence-electron chi connectivity index (χ0n) is 21.1. The Morgan fingerprint density at radius 3 is 2.30 bits per heavy atom. The van der Waals surface area contributed by atoms with Crippen molar-refractivity contribution in [2.75, 3.05) is 6.61 Å². The summed E-state index contributed by atoms with van der Waals surface area (Å²) in [6, 6.07) is 29.9. The fraction of sp³-hybridized carbons (Fsp3) is 0.226. The summed E-state index contributed by atoms with van der Waals surface area (Å²) >= 11 is 6.47. The van der Waals surface area contributed by atoms with Crippen molar-refractivity contribution in [2.45, 2.75) is 38.9 Å². The maximum absolute atomic E-state index is 13.8. The van der Waals surface area contributed by atoms with Crippen LogP contribution in [-0.4, -0.2) is 35.4 Å². The topological polar surface area (TPSA) is 58.6 Å². The third-order valence-electron chi connectivity index (χ3n) is 6.10. The zero-order valence-corrected chi connectivity index (χ0v) is 21.8. The fourth-order valence-corrected chi connectivity index (χ4v) is 4.48. The van der Waals surface area contributed by atoms with Crippen LogP contribution >= 0.6 is 11.6 Å². The maximum Gasteiger partial charge on any atom is 0.261 e. The molecule has 5 nitrogen and oxygen atoms in total. The first kappa shape index (κ1) is 26.2. The summed E-state index contributed by atoms with van der Waals surface area (Å²) in [4.78, 5) is 28.8. The molecule has 4 aromatic rings. The van der Waals surface area contributed by atoms with Crippen LogP contribution in [0.25, 0.3) is 10.8 Å². The molecule has 0 aromatic heterocycles.